The number of allylic oxidation sites excluding steroid dienone is 2. The summed E-state index contributed by atoms with van der Waals surface area (Å²) in [6.07, 6.45) is 3.68. The third-order valence-electron chi connectivity index (χ3n) is 11.4. The Morgan fingerprint density at radius 3 is 1.92 bits per heavy atom. The van der Waals surface area contributed by atoms with Gasteiger partial charge in [0.2, 0.25) is 12.1 Å². The number of nitrogens with one attached hydrogen (secondary N) is 2. The standard InChI is InChI=1S/C57H51N5O9S2/c1-5-68-46(63)34-22-21-23-39-35-62-51(66)57(52(62)72-37-39,53(67)70-49(40-24-11-6-12-25-40)41-26-13-7-14-27-41)59-50(65)48(61-69-36-47(64)71-55(2,3)4)45-38-73-54(58-45)60-56(42-28-15-8-16-29-42,43-30-17-9-18-31-43)44-32-19-10-20-33-44/h6-21,23-33,35,38,49,52H,5,36-37H2,1-4H3,(H,58,60)(H,59,65)/t52-,57+/m1/s1. The third kappa shape index (κ3) is 11.6. The molecule has 2 aliphatic heterocycles. The molecule has 2 amide bonds. The van der Waals surface area contributed by atoms with E-state index in [4.69, 9.17) is 24.0 Å². The number of esters is 3. The Labute approximate surface area is 431 Å². The molecular weight excluding hydrogens is 963 g/mol. The van der Waals surface area contributed by atoms with Gasteiger partial charge in [-0.25, -0.2) is 19.4 Å². The highest BCUT2D eigenvalue weighted by molar-refractivity contribution is 8.00. The van der Waals surface area contributed by atoms with Gasteiger partial charge in [0.1, 0.15) is 22.2 Å². The zero-order chi connectivity index (χ0) is 51.4. The molecule has 3 heterocycles. The Morgan fingerprint density at radius 2 is 1.38 bits per heavy atom. The first kappa shape index (κ1) is 51.1. The number of fused-ring (bicyclic) bond motifs is 1. The largest absolute Gasteiger partial charge is 0.457 e. The number of oxime groups is 1. The van der Waals surface area contributed by atoms with Crippen LogP contribution in [0.3, 0.4) is 0 Å². The third-order valence-corrected chi connectivity index (χ3v) is 13.6. The van der Waals surface area contributed by atoms with Crippen LogP contribution in [-0.2, 0) is 48.6 Å². The van der Waals surface area contributed by atoms with E-state index < -0.39 is 70.2 Å². The Bertz CT molecular complexity index is 2960. The van der Waals surface area contributed by atoms with Gasteiger partial charge in [-0.1, -0.05) is 163 Å². The van der Waals surface area contributed by atoms with Crippen LogP contribution in [0.5, 0.6) is 0 Å². The molecule has 16 heteroatoms. The molecule has 0 aliphatic carbocycles. The SMILES string of the molecule is CCOC(=O)C#CC=CC1=CN2C(=O)[C@@](NC(=O)C(=NOCC(=O)OC(C)(C)C)c3csc(NC(c4ccccc4)(c4ccccc4)c4ccccc4)n3)(C(=O)OC(c3ccccc3)c3ccccc3)[C@H]2SC1. The highest BCUT2D eigenvalue weighted by Crippen LogP contribution is 2.46. The molecule has 1 saturated heterocycles. The van der Waals surface area contributed by atoms with Crippen molar-refractivity contribution < 1.29 is 43.0 Å². The van der Waals surface area contributed by atoms with Gasteiger partial charge >= 0.3 is 17.9 Å². The fraction of sp³-hybridized carbons (Fsp3) is 0.211. The predicted octanol–water partition coefficient (Wildman–Crippen LogP) is 8.72. The molecule has 5 aromatic carbocycles. The van der Waals surface area contributed by atoms with Crippen molar-refractivity contribution in [2.75, 3.05) is 24.3 Å². The normalized spacial score (nSPS) is 16.5. The van der Waals surface area contributed by atoms with Crippen LogP contribution in [0.2, 0.25) is 0 Å². The molecule has 0 bridgehead atoms. The number of nitrogens with zero attached hydrogens (tertiary/aromatic N) is 3. The fourth-order valence-corrected chi connectivity index (χ4v) is 10.4. The smallest absolute Gasteiger partial charge is 0.384 e. The maximum atomic E-state index is 15.1. The average Bonchev–Trinajstić information content (AvgIpc) is 3.87. The molecule has 8 rings (SSSR count). The van der Waals surface area contributed by atoms with E-state index in [9.17, 15) is 14.4 Å². The molecule has 0 spiro atoms. The van der Waals surface area contributed by atoms with E-state index in [0.29, 0.717) is 21.8 Å². The molecule has 14 nitrogen and oxygen atoms in total. The molecule has 0 unspecified atom stereocenters. The van der Waals surface area contributed by atoms with Crippen LogP contribution >= 0.6 is 23.1 Å². The van der Waals surface area contributed by atoms with Crippen LogP contribution in [-0.4, -0.2) is 80.8 Å². The minimum Gasteiger partial charge on any atom is -0.457 e. The van der Waals surface area contributed by atoms with Crippen molar-refractivity contribution in [2.24, 2.45) is 5.16 Å². The summed E-state index contributed by atoms with van der Waals surface area (Å²) in [7, 11) is 0. The van der Waals surface area contributed by atoms with E-state index in [1.807, 2.05) is 103 Å². The van der Waals surface area contributed by atoms with Crippen molar-refractivity contribution in [3.8, 4) is 11.8 Å². The van der Waals surface area contributed by atoms with Crippen LogP contribution in [0.25, 0.3) is 0 Å². The molecular formula is C57H51N5O9S2. The van der Waals surface area contributed by atoms with Gasteiger partial charge < -0.3 is 29.7 Å². The summed E-state index contributed by atoms with van der Waals surface area (Å²) < 4.78 is 16.7. The Balaban J connectivity index is 1.18. The molecule has 1 aromatic heterocycles. The molecule has 73 heavy (non-hydrogen) atoms. The molecule has 2 atom stereocenters. The lowest BCUT2D eigenvalue weighted by Crippen LogP contribution is -2.82. The molecule has 1 fully saturated rings. The highest BCUT2D eigenvalue weighted by atomic mass is 32.2. The first-order chi connectivity index (χ1) is 35.3. The first-order valence-corrected chi connectivity index (χ1v) is 25.2. The van der Waals surface area contributed by atoms with E-state index in [1.54, 1.807) is 93.9 Å². The number of amides is 2. The van der Waals surface area contributed by atoms with Crippen molar-refractivity contribution in [1.82, 2.24) is 15.2 Å². The van der Waals surface area contributed by atoms with Crippen LogP contribution in [0.1, 0.15) is 67.3 Å². The minimum atomic E-state index is -2.31. The van der Waals surface area contributed by atoms with Crippen molar-refractivity contribution in [3.05, 3.63) is 214 Å². The maximum Gasteiger partial charge on any atom is 0.384 e. The van der Waals surface area contributed by atoms with E-state index >= 15 is 9.59 Å². The lowest BCUT2D eigenvalue weighted by Gasteiger charge is -2.53. The van der Waals surface area contributed by atoms with Gasteiger partial charge in [-0.3, -0.25) is 14.5 Å². The van der Waals surface area contributed by atoms with Crippen LogP contribution in [0.4, 0.5) is 5.13 Å². The lowest BCUT2D eigenvalue weighted by atomic mass is 9.77. The molecule has 2 N–H and O–H groups in total. The number of ether oxygens (including phenoxy) is 3. The van der Waals surface area contributed by atoms with Gasteiger partial charge in [0.15, 0.2) is 16.9 Å². The zero-order valence-electron chi connectivity index (χ0n) is 40.4. The highest BCUT2D eigenvalue weighted by Gasteiger charge is 2.69. The zero-order valence-corrected chi connectivity index (χ0v) is 42.0. The number of hydrogen-bond acceptors (Lipinski definition) is 14. The number of aromatic nitrogens is 1. The number of thiazole rings is 1. The van der Waals surface area contributed by atoms with Gasteiger partial charge in [-0.2, -0.15) is 0 Å². The summed E-state index contributed by atoms with van der Waals surface area (Å²) in [5.74, 6) is 1.00. The Morgan fingerprint density at radius 1 is 0.836 bits per heavy atom. The van der Waals surface area contributed by atoms with Gasteiger partial charge in [0.05, 0.1) is 6.61 Å². The summed E-state index contributed by atoms with van der Waals surface area (Å²) >= 11 is 2.39. The van der Waals surface area contributed by atoms with Crippen LogP contribution in [0.15, 0.2) is 186 Å². The van der Waals surface area contributed by atoms with Gasteiger partial charge in [0.25, 0.3) is 11.8 Å². The number of carbonyl (C=O) groups is 5. The second kappa shape index (κ2) is 22.9. The summed E-state index contributed by atoms with van der Waals surface area (Å²) in [6.45, 7) is 6.29. The quantitative estimate of drug-likeness (QED) is 0.0103. The number of β-lactam (4-membered cyclic amide) rings is 1. The van der Waals surface area contributed by atoms with E-state index in [2.05, 4.69) is 27.6 Å². The monoisotopic (exact) mass is 1010 g/mol. The van der Waals surface area contributed by atoms with Gasteiger partial charge in [-0.15, -0.1) is 23.1 Å². The van der Waals surface area contributed by atoms with Crippen LogP contribution < -0.4 is 10.6 Å². The summed E-state index contributed by atoms with van der Waals surface area (Å²) in [5.41, 5.74) is -0.0122. The minimum absolute atomic E-state index is 0.00316. The number of carbonyl (C=O) groups excluding carboxylic acids is 5. The van der Waals surface area contributed by atoms with Crippen molar-refractivity contribution >= 4 is 63.7 Å². The number of benzene rings is 5. The fourth-order valence-electron chi connectivity index (χ4n) is 8.27. The second-order valence-corrected chi connectivity index (χ2v) is 19.5. The molecule has 2 aliphatic rings. The molecule has 0 saturated carbocycles. The topological polar surface area (TPSA) is 175 Å². The van der Waals surface area contributed by atoms with Crippen molar-refractivity contribution in [1.29, 1.82) is 0 Å². The van der Waals surface area contributed by atoms with Gasteiger partial charge in [0, 0.05) is 23.3 Å². The van der Waals surface area contributed by atoms with Gasteiger partial charge in [-0.05, 0) is 73.2 Å². The number of rotatable bonds is 17. The first-order valence-electron chi connectivity index (χ1n) is 23.3. The number of anilines is 1. The van der Waals surface area contributed by atoms with Crippen molar-refractivity contribution in [2.45, 2.75) is 55.9 Å². The van der Waals surface area contributed by atoms with Crippen LogP contribution in [0, 0.1) is 11.8 Å². The predicted molar refractivity (Wildman–Crippen MR) is 280 cm³/mol. The number of hydrogen-bond donors (Lipinski definition) is 2. The summed E-state index contributed by atoms with van der Waals surface area (Å²) in [4.78, 5) is 81.6. The Hall–Kier alpha value is -8.26. The lowest BCUT2D eigenvalue weighted by molar-refractivity contribution is -0.175. The second-order valence-electron chi connectivity index (χ2n) is 17.6. The summed E-state index contributed by atoms with van der Waals surface area (Å²) in [5, 5.41) is 11.6. The van der Waals surface area contributed by atoms with E-state index in [-0.39, 0.29) is 18.1 Å². The molecule has 0 radical (unpaired) electrons. The molecule has 370 valence electrons. The maximum absolute atomic E-state index is 15.1. The number of thioether (sulfide) groups is 1. The summed E-state index contributed by atoms with van der Waals surface area (Å²) in [6, 6.07) is 47.7. The Kier molecular flexibility index (Phi) is 16.0. The van der Waals surface area contributed by atoms with Crippen molar-refractivity contribution in [3.63, 3.8) is 0 Å². The average molecular weight is 1010 g/mol. The molecule has 6 aromatic rings. The van der Waals surface area contributed by atoms with E-state index in [1.165, 1.54) is 34.1 Å². The van der Waals surface area contributed by atoms with E-state index in [0.717, 1.165) is 16.7 Å².